The molecule has 3 nitrogen and oxygen atoms in total. The lowest BCUT2D eigenvalue weighted by Crippen LogP contribution is -2.45. The molecule has 3 N–H and O–H groups in total. The van der Waals surface area contributed by atoms with E-state index in [0.29, 0.717) is 12.5 Å². The molecule has 19 heavy (non-hydrogen) atoms. The molecular weight excluding hydrogens is 324 g/mol. The fourth-order valence-electron chi connectivity index (χ4n) is 2.87. The number of aliphatic hydroxyl groups excluding tert-OH is 1. The number of aliphatic hydroxyl groups is 1. The number of hydrogen-bond acceptors (Lipinski definition) is 4. The quantitative estimate of drug-likeness (QED) is 0.861. The third kappa shape index (κ3) is 3.79. The molecule has 2 rings (SSSR count). The van der Waals surface area contributed by atoms with Gasteiger partial charge in [0.05, 0.1) is 6.04 Å². The highest BCUT2D eigenvalue weighted by Gasteiger charge is 2.30. The first-order valence-corrected chi connectivity index (χ1v) is 8.67. The van der Waals surface area contributed by atoms with Gasteiger partial charge in [0.15, 0.2) is 0 Å². The number of rotatable bonds is 5. The average Bonchev–Trinajstić information content (AvgIpc) is 2.85. The predicted molar refractivity (Wildman–Crippen MR) is 84.4 cm³/mol. The van der Waals surface area contributed by atoms with Crippen LogP contribution in [0.15, 0.2) is 15.9 Å². The number of hydrogen-bond donors (Lipinski definition) is 2. The second-order valence-corrected chi connectivity index (χ2v) is 7.23. The summed E-state index contributed by atoms with van der Waals surface area (Å²) < 4.78 is 1.14. The van der Waals surface area contributed by atoms with Gasteiger partial charge in [0.2, 0.25) is 0 Å². The third-order valence-electron chi connectivity index (χ3n) is 3.96. The number of halogens is 1. The van der Waals surface area contributed by atoms with Gasteiger partial charge in [-0.15, -0.1) is 11.3 Å². The molecule has 0 spiro atoms. The molecule has 1 aromatic rings. The molecule has 0 bridgehead atoms. The maximum atomic E-state index is 9.40. The Morgan fingerprint density at radius 1 is 1.63 bits per heavy atom. The molecule has 1 aliphatic rings. The normalized spacial score (nSPS) is 24.3. The Bertz CT molecular complexity index is 399. The van der Waals surface area contributed by atoms with Crippen LogP contribution < -0.4 is 5.73 Å². The van der Waals surface area contributed by atoms with Gasteiger partial charge < -0.3 is 10.8 Å². The van der Waals surface area contributed by atoms with Crippen LogP contribution >= 0.6 is 27.3 Å². The van der Waals surface area contributed by atoms with Gasteiger partial charge in [0.1, 0.15) is 0 Å². The van der Waals surface area contributed by atoms with E-state index in [4.69, 9.17) is 5.73 Å². The highest BCUT2D eigenvalue weighted by atomic mass is 79.9. The largest absolute Gasteiger partial charge is 0.396 e. The Kier molecular flexibility index (Phi) is 5.84. The molecule has 1 fully saturated rings. The molecule has 1 saturated heterocycles. The summed E-state index contributed by atoms with van der Waals surface area (Å²) in [4.78, 5) is 3.80. The average molecular weight is 347 g/mol. The van der Waals surface area contributed by atoms with Crippen molar-refractivity contribution in [1.29, 1.82) is 0 Å². The molecule has 3 atom stereocenters. The van der Waals surface area contributed by atoms with E-state index in [1.165, 1.54) is 4.88 Å². The number of thiophene rings is 1. The molecule has 108 valence electrons. The van der Waals surface area contributed by atoms with Crippen LogP contribution in [0.3, 0.4) is 0 Å². The summed E-state index contributed by atoms with van der Waals surface area (Å²) in [5.41, 5.74) is 6.36. The van der Waals surface area contributed by atoms with E-state index < -0.39 is 0 Å². The van der Waals surface area contributed by atoms with Crippen molar-refractivity contribution in [3.05, 3.63) is 20.8 Å². The second kappa shape index (κ2) is 7.18. The molecule has 0 aliphatic carbocycles. The Morgan fingerprint density at radius 3 is 3.00 bits per heavy atom. The van der Waals surface area contributed by atoms with E-state index in [1.807, 2.05) is 0 Å². The monoisotopic (exact) mass is 346 g/mol. The molecule has 0 radical (unpaired) electrons. The minimum Gasteiger partial charge on any atom is -0.396 e. The van der Waals surface area contributed by atoms with Gasteiger partial charge in [0.25, 0.3) is 0 Å². The fraction of sp³-hybridized carbons (Fsp3) is 0.714. The molecule has 0 saturated carbocycles. The van der Waals surface area contributed by atoms with Crippen LogP contribution in [0.4, 0.5) is 0 Å². The third-order valence-corrected chi connectivity index (χ3v) is 5.72. The molecule has 1 aliphatic heterocycles. The predicted octanol–water partition coefficient (Wildman–Crippen LogP) is 2.99. The molecule has 0 amide bonds. The highest BCUT2D eigenvalue weighted by Crippen LogP contribution is 2.34. The summed E-state index contributed by atoms with van der Waals surface area (Å²) in [6, 6.07) is 2.63. The lowest BCUT2D eigenvalue weighted by atomic mass is 9.94. The summed E-state index contributed by atoms with van der Waals surface area (Å²) in [5.74, 6) is 0.406. The van der Waals surface area contributed by atoms with Gasteiger partial charge in [-0.05, 0) is 53.7 Å². The van der Waals surface area contributed by atoms with Crippen LogP contribution in [-0.4, -0.2) is 35.7 Å². The van der Waals surface area contributed by atoms with Crippen LogP contribution in [0.2, 0.25) is 0 Å². The van der Waals surface area contributed by atoms with E-state index in [0.717, 1.165) is 36.8 Å². The Balaban J connectivity index is 2.17. The van der Waals surface area contributed by atoms with Crippen molar-refractivity contribution in [3.8, 4) is 0 Å². The lowest BCUT2D eigenvalue weighted by molar-refractivity contribution is 0.0777. The van der Waals surface area contributed by atoms with Crippen LogP contribution in [0, 0.1) is 5.92 Å². The summed E-state index contributed by atoms with van der Waals surface area (Å²) in [6.07, 6.45) is 3.26. The number of piperidine rings is 1. The van der Waals surface area contributed by atoms with Crippen molar-refractivity contribution in [1.82, 2.24) is 4.90 Å². The highest BCUT2D eigenvalue weighted by molar-refractivity contribution is 9.10. The smallest absolute Gasteiger partial charge is 0.0593 e. The molecule has 2 heterocycles. The SMILES string of the molecule is CCC(N)C(c1cc(Br)cs1)N1CCCC(CO)C1. The summed E-state index contributed by atoms with van der Waals surface area (Å²) in [7, 11) is 0. The van der Waals surface area contributed by atoms with Crippen molar-refractivity contribution in [2.45, 2.75) is 38.3 Å². The maximum absolute atomic E-state index is 9.40. The van der Waals surface area contributed by atoms with Crippen molar-refractivity contribution < 1.29 is 5.11 Å². The van der Waals surface area contributed by atoms with Gasteiger partial charge in [0, 0.05) is 33.9 Å². The van der Waals surface area contributed by atoms with Gasteiger partial charge in [-0.1, -0.05) is 6.92 Å². The van der Waals surface area contributed by atoms with Gasteiger partial charge in [-0.2, -0.15) is 0 Å². The first kappa shape index (κ1) is 15.4. The summed E-state index contributed by atoms with van der Waals surface area (Å²) in [5, 5.41) is 11.5. The van der Waals surface area contributed by atoms with Crippen molar-refractivity contribution >= 4 is 27.3 Å². The molecule has 5 heteroatoms. The van der Waals surface area contributed by atoms with Gasteiger partial charge >= 0.3 is 0 Å². The number of nitrogens with zero attached hydrogens (tertiary/aromatic N) is 1. The van der Waals surface area contributed by atoms with Crippen LogP contribution in [-0.2, 0) is 0 Å². The van der Waals surface area contributed by atoms with E-state index in [-0.39, 0.29) is 12.1 Å². The first-order valence-electron chi connectivity index (χ1n) is 7.00. The number of nitrogens with two attached hydrogens (primary N) is 1. The minimum atomic E-state index is 0.156. The summed E-state index contributed by atoms with van der Waals surface area (Å²) in [6.45, 7) is 4.49. The Hall–Kier alpha value is 0.0600. The fourth-order valence-corrected chi connectivity index (χ4v) is 4.52. The number of likely N-dealkylation sites (tertiary alicyclic amines) is 1. The molecule has 3 unspecified atom stereocenters. The molecular formula is C14H23BrN2OS. The minimum absolute atomic E-state index is 0.156. The van der Waals surface area contributed by atoms with Crippen LogP contribution in [0.1, 0.15) is 37.1 Å². The van der Waals surface area contributed by atoms with E-state index in [2.05, 4.69) is 39.2 Å². The van der Waals surface area contributed by atoms with Crippen LogP contribution in [0.25, 0.3) is 0 Å². The Labute approximate surface area is 127 Å². The van der Waals surface area contributed by atoms with E-state index in [9.17, 15) is 5.11 Å². The van der Waals surface area contributed by atoms with Crippen molar-refractivity contribution in [2.75, 3.05) is 19.7 Å². The first-order chi connectivity index (χ1) is 9.15. The van der Waals surface area contributed by atoms with Crippen LogP contribution in [0.5, 0.6) is 0 Å². The second-order valence-electron chi connectivity index (χ2n) is 5.37. The van der Waals surface area contributed by atoms with Gasteiger partial charge in [-0.25, -0.2) is 0 Å². The zero-order valence-electron chi connectivity index (χ0n) is 11.4. The van der Waals surface area contributed by atoms with E-state index in [1.54, 1.807) is 11.3 Å². The lowest BCUT2D eigenvalue weighted by Gasteiger charge is -2.39. The zero-order chi connectivity index (χ0) is 13.8. The van der Waals surface area contributed by atoms with Crippen molar-refractivity contribution in [2.24, 2.45) is 11.7 Å². The summed E-state index contributed by atoms with van der Waals surface area (Å²) >= 11 is 5.30. The van der Waals surface area contributed by atoms with E-state index >= 15 is 0 Å². The van der Waals surface area contributed by atoms with Gasteiger partial charge in [-0.3, -0.25) is 4.90 Å². The zero-order valence-corrected chi connectivity index (χ0v) is 13.8. The molecule has 1 aromatic heterocycles. The Morgan fingerprint density at radius 2 is 2.42 bits per heavy atom. The topological polar surface area (TPSA) is 49.5 Å². The molecule has 0 aromatic carbocycles. The maximum Gasteiger partial charge on any atom is 0.0593 e. The standard InChI is InChI=1S/C14H23BrN2OS/c1-2-12(16)14(13-6-11(15)9-19-13)17-5-3-4-10(7-17)8-18/h6,9-10,12,14,18H,2-5,7-8,16H2,1H3. The van der Waals surface area contributed by atoms with Crippen molar-refractivity contribution in [3.63, 3.8) is 0 Å².